The van der Waals surface area contributed by atoms with Crippen molar-refractivity contribution in [2.24, 2.45) is 0 Å². The number of nitrogens with zero attached hydrogens (tertiary/aromatic N) is 2. The summed E-state index contributed by atoms with van der Waals surface area (Å²) in [5.74, 6) is 0.299. The molecule has 1 aromatic carbocycles. The Balaban J connectivity index is 1.18. The van der Waals surface area contributed by atoms with E-state index in [9.17, 15) is 9.59 Å². The van der Waals surface area contributed by atoms with Crippen LogP contribution >= 0.6 is 0 Å². The minimum absolute atomic E-state index is 0.0682. The fourth-order valence-electron chi connectivity index (χ4n) is 5.09. The summed E-state index contributed by atoms with van der Waals surface area (Å²) in [5, 5.41) is 3.08. The van der Waals surface area contributed by atoms with Crippen LogP contribution in [0.15, 0.2) is 24.3 Å². The normalized spacial score (nSPS) is 21.5. The Morgan fingerprint density at radius 2 is 1.65 bits per heavy atom. The Morgan fingerprint density at radius 1 is 0.935 bits per heavy atom. The maximum Gasteiger partial charge on any atom is 0.234 e. The molecule has 31 heavy (non-hydrogen) atoms. The summed E-state index contributed by atoms with van der Waals surface area (Å²) in [6.45, 7) is 4.29. The zero-order valence-electron chi connectivity index (χ0n) is 18.7. The van der Waals surface area contributed by atoms with Gasteiger partial charge < -0.3 is 15.0 Å². The van der Waals surface area contributed by atoms with Gasteiger partial charge in [-0.25, -0.2) is 0 Å². The average molecular weight is 428 g/mol. The fourth-order valence-corrected chi connectivity index (χ4v) is 5.09. The van der Waals surface area contributed by atoms with Crippen LogP contribution in [-0.4, -0.2) is 60.0 Å². The van der Waals surface area contributed by atoms with Crippen molar-refractivity contribution in [1.29, 1.82) is 0 Å². The number of likely N-dealkylation sites (tertiary alicyclic amines) is 2. The van der Waals surface area contributed by atoms with Gasteiger partial charge in [-0.2, -0.15) is 0 Å². The predicted octanol–water partition coefficient (Wildman–Crippen LogP) is 3.24. The molecule has 3 aliphatic rings. The van der Waals surface area contributed by atoms with E-state index < -0.39 is 0 Å². The van der Waals surface area contributed by atoms with E-state index in [4.69, 9.17) is 4.74 Å². The molecule has 0 bridgehead atoms. The maximum atomic E-state index is 12.5. The number of amides is 2. The lowest BCUT2D eigenvalue weighted by Gasteiger charge is -2.34. The first-order valence-electron chi connectivity index (χ1n) is 12.2. The van der Waals surface area contributed by atoms with E-state index >= 15 is 0 Å². The molecule has 2 aliphatic heterocycles. The molecule has 3 fully saturated rings. The van der Waals surface area contributed by atoms with Crippen LogP contribution < -0.4 is 5.32 Å². The van der Waals surface area contributed by atoms with Gasteiger partial charge in [0.2, 0.25) is 11.8 Å². The largest absolute Gasteiger partial charge is 0.375 e. The molecule has 1 aliphatic carbocycles. The first-order chi connectivity index (χ1) is 15.2. The second-order valence-corrected chi connectivity index (χ2v) is 9.34. The molecule has 2 amide bonds. The van der Waals surface area contributed by atoms with Crippen molar-refractivity contribution in [2.75, 3.05) is 26.2 Å². The number of benzene rings is 1. The summed E-state index contributed by atoms with van der Waals surface area (Å²) in [6, 6.07) is 8.10. The molecule has 0 atom stereocenters. The average Bonchev–Trinajstić information content (AvgIpc) is 3.19. The molecule has 1 N–H and O–H groups in total. The first kappa shape index (κ1) is 22.3. The number of nitrogens with one attached hydrogen (secondary N) is 1. The number of ether oxygens (including phenoxy) is 1. The van der Waals surface area contributed by atoms with Gasteiger partial charge in [-0.3, -0.25) is 14.5 Å². The first-order valence-corrected chi connectivity index (χ1v) is 12.2. The van der Waals surface area contributed by atoms with Crippen molar-refractivity contribution in [1.82, 2.24) is 15.1 Å². The lowest BCUT2D eigenvalue weighted by atomic mass is 9.97. The summed E-state index contributed by atoms with van der Waals surface area (Å²) in [5.41, 5.74) is 2.22. The zero-order chi connectivity index (χ0) is 21.5. The van der Waals surface area contributed by atoms with Crippen molar-refractivity contribution in [3.8, 4) is 0 Å². The number of rotatable bonds is 8. The van der Waals surface area contributed by atoms with Gasteiger partial charge in [-0.05, 0) is 43.2 Å². The smallest absolute Gasteiger partial charge is 0.234 e. The molecule has 0 radical (unpaired) electrons. The van der Waals surface area contributed by atoms with Crippen molar-refractivity contribution in [3.05, 3.63) is 35.4 Å². The number of carbonyl (C=O) groups excluding carboxylic acids is 2. The molecule has 170 valence electrons. The quantitative estimate of drug-likeness (QED) is 0.692. The third kappa shape index (κ3) is 6.53. The second-order valence-electron chi connectivity index (χ2n) is 9.34. The van der Waals surface area contributed by atoms with Crippen LogP contribution in [0.3, 0.4) is 0 Å². The standard InChI is InChI=1S/C25H37N3O3/c29-24(19-27-15-12-23(13-16-27)31-22-9-2-1-3-10-22)26-17-20-7-4-5-8-21(20)18-28-14-6-11-25(28)30/h4-5,7-8,22-23H,1-3,6,9-19H2,(H,26,29). The number of hydrogen-bond acceptors (Lipinski definition) is 4. The van der Waals surface area contributed by atoms with Crippen molar-refractivity contribution in [3.63, 3.8) is 0 Å². The minimum Gasteiger partial charge on any atom is -0.375 e. The third-order valence-electron chi connectivity index (χ3n) is 6.97. The fraction of sp³-hybridized carbons (Fsp3) is 0.680. The van der Waals surface area contributed by atoms with Crippen LogP contribution in [0.1, 0.15) is 68.9 Å². The Labute approximate surface area is 186 Å². The molecule has 2 saturated heterocycles. The Kier molecular flexibility index (Phi) is 7.97. The number of piperidine rings is 1. The highest BCUT2D eigenvalue weighted by Crippen LogP contribution is 2.24. The SMILES string of the molecule is O=C(CN1CCC(OC2CCCCC2)CC1)NCc1ccccc1CN1CCCC1=O. The molecular weight excluding hydrogens is 390 g/mol. The summed E-state index contributed by atoms with van der Waals surface area (Å²) in [6.07, 6.45) is 10.9. The molecule has 0 aromatic heterocycles. The van der Waals surface area contributed by atoms with E-state index in [0.717, 1.165) is 50.0 Å². The van der Waals surface area contributed by atoms with Crippen molar-refractivity contribution < 1.29 is 14.3 Å². The molecule has 1 aromatic rings. The molecule has 1 saturated carbocycles. The lowest BCUT2D eigenvalue weighted by Crippen LogP contribution is -2.43. The summed E-state index contributed by atoms with van der Waals surface area (Å²) >= 11 is 0. The van der Waals surface area contributed by atoms with Crippen LogP contribution in [0.25, 0.3) is 0 Å². The highest BCUT2D eigenvalue weighted by molar-refractivity contribution is 5.78. The summed E-state index contributed by atoms with van der Waals surface area (Å²) in [4.78, 5) is 28.7. The molecule has 0 spiro atoms. The molecular formula is C25H37N3O3. The number of carbonyl (C=O) groups is 2. The second kappa shape index (κ2) is 11.1. The van der Waals surface area contributed by atoms with Gasteiger partial charge in [0.05, 0.1) is 18.8 Å². The predicted molar refractivity (Wildman–Crippen MR) is 120 cm³/mol. The van der Waals surface area contributed by atoms with Crippen molar-refractivity contribution >= 4 is 11.8 Å². The van der Waals surface area contributed by atoms with Crippen LogP contribution in [0.4, 0.5) is 0 Å². The van der Waals surface area contributed by atoms with Gasteiger partial charge in [-0.15, -0.1) is 0 Å². The highest BCUT2D eigenvalue weighted by atomic mass is 16.5. The van der Waals surface area contributed by atoms with E-state index in [1.165, 1.54) is 32.1 Å². The minimum atomic E-state index is 0.0682. The van der Waals surface area contributed by atoms with Crippen molar-refractivity contribution in [2.45, 2.75) is 83.1 Å². The van der Waals surface area contributed by atoms with E-state index in [0.29, 0.717) is 38.3 Å². The van der Waals surface area contributed by atoms with Gasteiger partial charge in [0.15, 0.2) is 0 Å². The molecule has 4 rings (SSSR count). The van der Waals surface area contributed by atoms with Gasteiger partial charge in [0, 0.05) is 39.1 Å². The summed E-state index contributed by atoms with van der Waals surface area (Å²) < 4.78 is 6.31. The lowest BCUT2D eigenvalue weighted by molar-refractivity contribution is -0.128. The molecule has 0 unspecified atom stereocenters. The van der Waals surface area contributed by atoms with Gasteiger partial charge in [-0.1, -0.05) is 43.5 Å². The van der Waals surface area contributed by atoms with Crippen LogP contribution in [0, 0.1) is 0 Å². The van der Waals surface area contributed by atoms with E-state index in [1.807, 2.05) is 23.1 Å². The molecule has 2 heterocycles. The van der Waals surface area contributed by atoms with E-state index in [-0.39, 0.29) is 11.8 Å². The third-order valence-corrected chi connectivity index (χ3v) is 6.97. The number of hydrogen-bond donors (Lipinski definition) is 1. The van der Waals surface area contributed by atoms with Gasteiger partial charge in [0.25, 0.3) is 0 Å². The summed E-state index contributed by atoms with van der Waals surface area (Å²) in [7, 11) is 0. The molecule has 6 nitrogen and oxygen atoms in total. The van der Waals surface area contributed by atoms with E-state index in [2.05, 4.69) is 16.3 Å². The van der Waals surface area contributed by atoms with Gasteiger partial charge in [0.1, 0.15) is 0 Å². The monoisotopic (exact) mass is 427 g/mol. The Hall–Kier alpha value is -1.92. The maximum absolute atomic E-state index is 12.5. The van der Waals surface area contributed by atoms with Crippen LogP contribution in [0.5, 0.6) is 0 Å². The highest BCUT2D eigenvalue weighted by Gasteiger charge is 2.25. The van der Waals surface area contributed by atoms with Gasteiger partial charge >= 0.3 is 0 Å². The van der Waals surface area contributed by atoms with Crippen LogP contribution in [-0.2, 0) is 27.4 Å². The van der Waals surface area contributed by atoms with E-state index in [1.54, 1.807) is 0 Å². The Morgan fingerprint density at radius 3 is 2.35 bits per heavy atom. The molecule has 6 heteroatoms. The topological polar surface area (TPSA) is 61.9 Å². The van der Waals surface area contributed by atoms with Crippen LogP contribution in [0.2, 0.25) is 0 Å². The zero-order valence-corrected chi connectivity index (χ0v) is 18.7. The Bertz CT molecular complexity index is 739.